The van der Waals surface area contributed by atoms with Crippen LogP contribution in [0.2, 0.25) is 5.02 Å². The van der Waals surface area contributed by atoms with Crippen LogP contribution in [0.3, 0.4) is 0 Å². The topological polar surface area (TPSA) is 106 Å². The minimum absolute atomic E-state index is 0.0597. The number of anilines is 1. The second-order valence-corrected chi connectivity index (χ2v) is 7.97. The zero-order valence-corrected chi connectivity index (χ0v) is 18.5. The summed E-state index contributed by atoms with van der Waals surface area (Å²) in [5.41, 5.74) is 7.52. The summed E-state index contributed by atoms with van der Waals surface area (Å²) in [6.07, 6.45) is 0.292. The maximum atomic E-state index is 12.7. The highest BCUT2D eigenvalue weighted by Gasteiger charge is 2.32. The zero-order chi connectivity index (χ0) is 23.5. The van der Waals surface area contributed by atoms with E-state index in [-0.39, 0.29) is 17.6 Å². The fraction of sp³-hybridized carbons (Fsp3) is 0.160. The van der Waals surface area contributed by atoms with E-state index in [9.17, 15) is 14.9 Å². The van der Waals surface area contributed by atoms with E-state index in [1.807, 2.05) is 6.07 Å². The summed E-state index contributed by atoms with van der Waals surface area (Å²) in [7, 11) is 1.49. The summed E-state index contributed by atoms with van der Waals surface area (Å²) in [6, 6.07) is 19.1. The average Bonchev–Trinajstić information content (AvgIpc) is 3.22. The summed E-state index contributed by atoms with van der Waals surface area (Å²) >= 11 is 6.37. The van der Waals surface area contributed by atoms with Gasteiger partial charge in [0, 0.05) is 30.1 Å². The molecule has 1 aliphatic rings. The van der Waals surface area contributed by atoms with E-state index < -0.39 is 5.91 Å². The minimum atomic E-state index is -0.549. The van der Waals surface area contributed by atoms with Crippen LogP contribution in [0, 0.1) is 11.3 Å². The van der Waals surface area contributed by atoms with Crippen LogP contribution < -0.4 is 20.1 Å². The highest BCUT2D eigenvalue weighted by atomic mass is 35.5. The van der Waals surface area contributed by atoms with Crippen molar-refractivity contribution in [3.05, 3.63) is 82.4 Å². The number of rotatable bonds is 6. The number of primary amides is 1. The summed E-state index contributed by atoms with van der Waals surface area (Å²) in [5, 5.41) is 9.81. The molecule has 1 saturated heterocycles. The van der Waals surface area contributed by atoms with Gasteiger partial charge in [0.2, 0.25) is 11.8 Å². The van der Waals surface area contributed by atoms with Crippen molar-refractivity contribution in [1.29, 1.82) is 5.26 Å². The lowest BCUT2D eigenvalue weighted by Crippen LogP contribution is -2.24. The number of benzene rings is 3. The minimum Gasteiger partial charge on any atom is -0.493 e. The smallest absolute Gasteiger partial charge is 0.248 e. The number of ether oxygens (including phenoxy) is 2. The molecule has 3 aromatic rings. The molecule has 8 heteroatoms. The maximum absolute atomic E-state index is 12.7. The van der Waals surface area contributed by atoms with Crippen LogP contribution >= 0.6 is 11.6 Å². The lowest BCUT2D eigenvalue weighted by molar-refractivity contribution is -0.117. The number of nitrogens with zero attached hydrogens (tertiary/aromatic N) is 2. The predicted octanol–water partition coefficient (Wildman–Crippen LogP) is 4.63. The Bertz CT molecular complexity index is 1280. The Morgan fingerprint density at radius 1 is 1.15 bits per heavy atom. The molecule has 166 valence electrons. The van der Waals surface area contributed by atoms with Gasteiger partial charge in [-0.1, -0.05) is 29.8 Å². The Morgan fingerprint density at radius 2 is 1.94 bits per heavy atom. The first-order chi connectivity index (χ1) is 15.9. The summed E-state index contributed by atoms with van der Waals surface area (Å²) < 4.78 is 11.3. The largest absolute Gasteiger partial charge is 0.493 e. The molecule has 0 aliphatic carbocycles. The number of hydrogen-bond donors (Lipinski definition) is 1. The fourth-order valence-corrected chi connectivity index (χ4v) is 4.00. The molecule has 1 aliphatic heterocycles. The number of carbonyl (C=O) groups is 2. The van der Waals surface area contributed by atoms with Crippen molar-refractivity contribution in [2.45, 2.75) is 12.3 Å². The molecule has 3 aromatic carbocycles. The number of methoxy groups -OCH3 is 1. The lowest BCUT2D eigenvalue weighted by Gasteiger charge is -2.18. The first-order valence-electron chi connectivity index (χ1n) is 10.2. The van der Waals surface area contributed by atoms with E-state index in [1.165, 1.54) is 7.11 Å². The van der Waals surface area contributed by atoms with Crippen molar-refractivity contribution >= 4 is 29.1 Å². The van der Waals surface area contributed by atoms with Crippen molar-refractivity contribution in [2.24, 2.45) is 5.73 Å². The number of amides is 2. The SMILES string of the molecule is COc1cccc(C#N)c1Oc1cc([C@H]2CC(=O)N(c3cccc(C(N)=O)c3)C2)ccc1Cl. The highest BCUT2D eigenvalue weighted by molar-refractivity contribution is 6.32. The molecular formula is C25H20ClN3O4. The van der Waals surface area contributed by atoms with Crippen LogP contribution in [0.4, 0.5) is 5.69 Å². The van der Waals surface area contributed by atoms with Crippen LogP contribution in [0.5, 0.6) is 17.2 Å². The standard InChI is InChI=1S/C25H20ClN3O4/c1-32-21-7-3-5-17(13-27)24(21)33-22-11-15(8-9-20(22)26)18-12-23(30)29(14-18)19-6-2-4-16(10-19)25(28)31/h2-11,18H,12,14H2,1H3,(H2,28,31)/t18-/m0/s1. The van der Waals surface area contributed by atoms with Gasteiger partial charge in [-0.15, -0.1) is 0 Å². The van der Waals surface area contributed by atoms with Crippen LogP contribution in [-0.2, 0) is 4.79 Å². The number of nitrogens with two attached hydrogens (primary N) is 1. The van der Waals surface area contributed by atoms with Gasteiger partial charge in [-0.25, -0.2) is 0 Å². The quantitative estimate of drug-likeness (QED) is 0.576. The number of halogens is 1. The van der Waals surface area contributed by atoms with Gasteiger partial charge in [-0.3, -0.25) is 9.59 Å². The van der Waals surface area contributed by atoms with Crippen LogP contribution in [-0.4, -0.2) is 25.5 Å². The van der Waals surface area contributed by atoms with E-state index in [2.05, 4.69) is 6.07 Å². The van der Waals surface area contributed by atoms with Crippen molar-refractivity contribution in [2.75, 3.05) is 18.6 Å². The highest BCUT2D eigenvalue weighted by Crippen LogP contribution is 2.40. The summed E-state index contributed by atoms with van der Waals surface area (Å²) in [5.74, 6) is 0.323. The van der Waals surface area contributed by atoms with Gasteiger partial charge < -0.3 is 20.1 Å². The van der Waals surface area contributed by atoms with Crippen LogP contribution in [0.15, 0.2) is 60.7 Å². The van der Waals surface area contributed by atoms with Gasteiger partial charge in [0.1, 0.15) is 11.8 Å². The van der Waals surface area contributed by atoms with E-state index in [1.54, 1.807) is 59.5 Å². The van der Waals surface area contributed by atoms with Crippen molar-refractivity contribution in [3.8, 4) is 23.3 Å². The van der Waals surface area contributed by atoms with E-state index >= 15 is 0 Å². The maximum Gasteiger partial charge on any atom is 0.248 e. The van der Waals surface area contributed by atoms with Gasteiger partial charge in [-0.05, 0) is 48.0 Å². The van der Waals surface area contributed by atoms with Gasteiger partial charge in [0.15, 0.2) is 11.5 Å². The molecule has 2 N–H and O–H groups in total. The first kappa shape index (κ1) is 22.2. The Hall–Kier alpha value is -4.02. The molecule has 4 rings (SSSR count). The molecule has 0 spiro atoms. The Labute approximate surface area is 195 Å². The third-order valence-corrected chi connectivity index (χ3v) is 5.84. The van der Waals surface area contributed by atoms with Crippen LogP contribution in [0.1, 0.15) is 33.8 Å². The molecule has 2 amide bonds. The molecule has 0 unspecified atom stereocenters. The molecule has 0 radical (unpaired) electrons. The molecule has 0 aromatic heterocycles. The Kier molecular flexibility index (Phi) is 6.20. The zero-order valence-electron chi connectivity index (χ0n) is 17.7. The van der Waals surface area contributed by atoms with Gasteiger partial charge in [0.25, 0.3) is 0 Å². The average molecular weight is 462 g/mol. The monoisotopic (exact) mass is 461 g/mol. The Morgan fingerprint density at radius 3 is 2.67 bits per heavy atom. The number of carbonyl (C=O) groups excluding carboxylic acids is 2. The predicted molar refractivity (Wildman–Crippen MR) is 124 cm³/mol. The summed E-state index contributed by atoms with van der Waals surface area (Å²) in [6.45, 7) is 0.431. The molecule has 0 saturated carbocycles. The van der Waals surface area contributed by atoms with Crippen LogP contribution in [0.25, 0.3) is 0 Å². The number of hydrogen-bond acceptors (Lipinski definition) is 5. The molecule has 1 heterocycles. The van der Waals surface area contributed by atoms with Crippen molar-refractivity contribution in [3.63, 3.8) is 0 Å². The van der Waals surface area contributed by atoms with Crippen molar-refractivity contribution in [1.82, 2.24) is 0 Å². The molecule has 33 heavy (non-hydrogen) atoms. The number of para-hydroxylation sites is 1. The van der Waals surface area contributed by atoms with Crippen molar-refractivity contribution < 1.29 is 19.1 Å². The third-order valence-electron chi connectivity index (χ3n) is 5.53. The van der Waals surface area contributed by atoms with E-state index in [4.69, 9.17) is 26.8 Å². The molecule has 1 atom stereocenters. The molecule has 7 nitrogen and oxygen atoms in total. The number of nitriles is 1. The second-order valence-electron chi connectivity index (χ2n) is 7.56. The molecule has 1 fully saturated rings. The van der Waals surface area contributed by atoms with Gasteiger partial charge >= 0.3 is 0 Å². The first-order valence-corrected chi connectivity index (χ1v) is 10.5. The Balaban J connectivity index is 1.62. The molecular weight excluding hydrogens is 442 g/mol. The molecule has 0 bridgehead atoms. The van der Waals surface area contributed by atoms with E-state index in [0.717, 1.165) is 5.56 Å². The van der Waals surface area contributed by atoms with E-state index in [0.29, 0.717) is 46.3 Å². The van der Waals surface area contributed by atoms with Gasteiger partial charge in [-0.2, -0.15) is 5.26 Å². The second kappa shape index (κ2) is 9.23. The third kappa shape index (κ3) is 4.47. The van der Waals surface area contributed by atoms with Gasteiger partial charge in [0.05, 0.1) is 17.7 Å². The normalized spacial score (nSPS) is 15.2. The summed E-state index contributed by atoms with van der Waals surface area (Å²) in [4.78, 5) is 25.9. The lowest BCUT2D eigenvalue weighted by atomic mass is 9.98. The fourth-order valence-electron chi connectivity index (χ4n) is 3.84.